The molecule has 0 radical (unpaired) electrons. The summed E-state index contributed by atoms with van der Waals surface area (Å²) >= 11 is 0. The summed E-state index contributed by atoms with van der Waals surface area (Å²) in [6, 6.07) is 3.13. The minimum atomic E-state index is -0.524. The number of carbonyl (C=O) groups excluding carboxylic acids is 1. The standard InChI is InChI=1S/C14H22N4O3/c1-2-9-17(10-11-5-3-4-8-15-11)14(19)12-6-7-13(16-12)18(20)21/h6-7,11,15-16H,2-5,8-10H2,1H3. The number of aromatic nitrogens is 1. The molecule has 0 spiro atoms. The number of aromatic amines is 1. The maximum atomic E-state index is 12.5. The average Bonchev–Trinajstić information content (AvgIpc) is 2.97. The summed E-state index contributed by atoms with van der Waals surface area (Å²) in [5.74, 6) is -0.317. The molecule has 2 heterocycles. The zero-order valence-corrected chi connectivity index (χ0v) is 12.3. The van der Waals surface area contributed by atoms with Gasteiger partial charge in [0.25, 0.3) is 5.91 Å². The van der Waals surface area contributed by atoms with Gasteiger partial charge in [0.2, 0.25) is 0 Å². The molecule has 0 aliphatic carbocycles. The lowest BCUT2D eigenvalue weighted by Gasteiger charge is -2.29. The van der Waals surface area contributed by atoms with Gasteiger partial charge in [-0.15, -0.1) is 0 Å². The van der Waals surface area contributed by atoms with E-state index in [1.807, 2.05) is 6.92 Å². The van der Waals surface area contributed by atoms with Gasteiger partial charge in [0.15, 0.2) is 5.69 Å². The predicted molar refractivity (Wildman–Crippen MR) is 79.3 cm³/mol. The number of hydrogen-bond acceptors (Lipinski definition) is 4. The van der Waals surface area contributed by atoms with Crippen molar-refractivity contribution < 1.29 is 9.72 Å². The fourth-order valence-electron chi connectivity index (χ4n) is 2.68. The van der Waals surface area contributed by atoms with Gasteiger partial charge >= 0.3 is 5.82 Å². The van der Waals surface area contributed by atoms with Gasteiger partial charge in [-0.1, -0.05) is 13.3 Å². The molecule has 0 aromatic carbocycles. The molecule has 1 aromatic rings. The molecule has 2 N–H and O–H groups in total. The van der Waals surface area contributed by atoms with Gasteiger partial charge in [-0.05, 0) is 36.8 Å². The quantitative estimate of drug-likeness (QED) is 0.619. The van der Waals surface area contributed by atoms with E-state index in [-0.39, 0.29) is 17.4 Å². The Morgan fingerprint density at radius 1 is 1.48 bits per heavy atom. The number of amides is 1. The van der Waals surface area contributed by atoms with Crippen LogP contribution in [0.3, 0.4) is 0 Å². The lowest BCUT2D eigenvalue weighted by molar-refractivity contribution is -0.389. The molecule has 7 nitrogen and oxygen atoms in total. The average molecular weight is 294 g/mol. The molecule has 1 aliphatic rings. The summed E-state index contributed by atoms with van der Waals surface area (Å²) in [5, 5.41) is 14.1. The Labute approximate surface area is 123 Å². The molecule has 116 valence electrons. The number of nitro groups is 1. The number of rotatable bonds is 6. The lowest BCUT2D eigenvalue weighted by Crippen LogP contribution is -2.46. The van der Waals surface area contributed by atoms with Crippen molar-refractivity contribution in [2.24, 2.45) is 0 Å². The van der Waals surface area contributed by atoms with Crippen molar-refractivity contribution in [3.05, 3.63) is 27.9 Å². The van der Waals surface area contributed by atoms with Crippen LogP contribution in [0, 0.1) is 10.1 Å². The Morgan fingerprint density at radius 2 is 2.29 bits per heavy atom. The van der Waals surface area contributed by atoms with Crippen LogP contribution in [-0.2, 0) is 0 Å². The third-order valence-corrected chi connectivity index (χ3v) is 3.73. The Kier molecular flexibility index (Phi) is 5.32. The molecule has 1 atom stereocenters. The molecule has 0 saturated carbocycles. The van der Waals surface area contributed by atoms with Gasteiger partial charge in [0, 0.05) is 25.2 Å². The molecule has 1 unspecified atom stereocenters. The van der Waals surface area contributed by atoms with Crippen LogP contribution in [0.25, 0.3) is 0 Å². The summed E-state index contributed by atoms with van der Waals surface area (Å²) in [6.07, 6.45) is 4.29. The van der Waals surface area contributed by atoms with Crippen molar-refractivity contribution in [1.29, 1.82) is 0 Å². The topological polar surface area (TPSA) is 91.3 Å². The molecule has 21 heavy (non-hydrogen) atoms. The first-order chi connectivity index (χ1) is 10.1. The Hall–Kier alpha value is -1.89. The van der Waals surface area contributed by atoms with E-state index >= 15 is 0 Å². The fraction of sp³-hybridized carbons (Fsp3) is 0.643. The van der Waals surface area contributed by atoms with Crippen LogP contribution in [0.4, 0.5) is 5.82 Å². The third-order valence-electron chi connectivity index (χ3n) is 3.73. The molecule has 1 aliphatic heterocycles. The summed E-state index contributed by atoms with van der Waals surface area (Å²) in [7, 11) is 0. The highest BCUT2D eigenvalue weighted by Crippen LogP contribution is 2.14. The van der Waals surface area contributed by atoms with Crippen LogP contribution < -0.4 is 5.32 Å². The van der Waals surface area contributed by atoms with E-state index in [0.717, 1.165) is 19.4 Å². The smallest absolute Gasteiger partial charge is 0.321 e. The number of carbonyl (C=O) groups is 1. The molecule has 7 heteroatoms. The molecule has 1 aromatic heterocycles. The highest BCUT2D eigenvalue weighted by atomic mass is 16.6. The Balaban J connectivity index is 2.04. The second-order valence-electron chi connectivity index (χ2n) is 5.41. The molecule has 1 fully saturated rings. The Bertz CT molecular complexity index is 494. The normalized spacial score (nSPS) is 18.4. The largest absolute Gasteiger partial charge is 0.358 e. The second-order valence-corrected chi connectivity index (χ2v) is 5.41. The van der Waals surface area contributed by atoms with Crippen LogP contribution in [-0.4, -0.2) is 46.4 Å². The monoisotopic (exact) mass is 294 g/mol. The molecular formula is C14H22N4O3. The summed E-state index contributed by atoms with van der Waals surface area (Å²) < 4.78 is 0. The summed E-state index contributed by atoms with van der Waals surface area (Å²) in [6.45, 7) is 4.32. The van der Waals surface area contributed by atoms with Gasteiger partial charge in [-0.25, -0.2) is 4.98 Å². The zero-order valence-electron chi connectivity index (χ0n) is 12.3. The van der Waals surface area contributed by atoms with E-state index in [1.165, 1.54) is 25.0 Å². The maximum Gasteiger partial charge on any atom is 0.321 e. The van der Waals surface area contributed by atoms with Crippen LogP contribution in [0.2, 0.25) is 0 Å². The van der Waals surface area contributed by atoms with Crippen molar-refractivity contribution in [1.82, 2.24) is 15.2 Å². The van der Waals surface area contributed by atoms with E-state index in [1.54, 1.807) is 4.90 Å². The van der Waals surface area contributed by atoms with Gasteiger partial charge in [0.05, 0.1) is 0 Å². The lowest BCUT2D eigenvalue weighted by atomic mass is 10.0. The summed E-state index contributed by atoms with van der Waals surface area (Å²) in [4.78, 5) is 27.0. The number of nitrogens with zero attached hydrogens (tertiary/aromatic N) is 2. The van der Waals surface area contributed by atoms with Crippen molar-refractivity contribution >= 4 is 11.7 Å². The van der Waals surface area contributed by atoms with Crippen molar-refractivity contribution in [2.45, 2.75) is 38.6 Å². The van der Waals surface area contributed by atoms with Gasteiger partial charge < -0.3 is 20.3 Å². The SMILES string of the molecule is CCCN(CC1CCCCN1)C(=O)c1ccc([N+](=O)[O-])[nH]1. The van der Waals surface area contributed by atoms with Crippen LogP contribution in [0.15, 0.2) is 12.1 Å². The molecule has 1 amide bonds. The van der Waals surface area contributed by atoms with E-state index in [2.05, 4.69) is 10.3 Å². The number of piperidine rings is 1. The minimum Gasteiger partial charge on any atom is -0.358 e. The zero-order chi connectivity index (χ0) is 15.2. The molecule has 0 bridgehead atoms. The molecular weight excluding hydrogens is 272 g/mol. The van der Waals surface area contributed by atoms with Gasteiger partial charge in [0.1, 0.15) is 0 Å². The van der Waals surface area contributed by atoms with E-state index < -0.39 is 4.92 Å². The van der Waals surface area contributed by atoms with E-state index in [0.29, 0.717) is 19.1 Å². The summed E-state index contributed by atoms with van der Waals surface area (Å²) in [5.41, 5.74) is 0.283. The number of nitrogens with one attached hydrogen (secondary N) is 2. The fourth-order valence-corrected chi connectivity index (χ4v) is 2.68. The first kappa shape index (κ1) is 15.5. The number of hydrogen-bond donors (Lipinski definition) is 2. The second kappa shape index (κ2) is 7.21. The van der Waals surface area contributed by atoms with Gasteiger partial charge in [-0.3, -0.25) is 4.79 Å². The predicted octanol–water partition coefficient (Wildman–Crippen LogP) is 1.92. The highest BCUT2D eigenvalue weighted by Gasteiger charge is 2.24. The van der Waals surface area contributed by atoms with Crippen molar-refractivity contribution in [2.75, 3.05) is 19.6 Å². The third kappa shape index (κ3) is 4.04. The van der Waals surface area contributed by atoms with Crippen LogP contribution in [0.5, 0.6) is 0 Å². The van der Waals surface area contributed by atoms with Crippen molar-refractivity contribution in [3.63, 3.8) is 0 Å². The minimum absolute atomic E-state index is 0.148. The molecule has 2 rings (SSSR count). The van der Waals surface area contributed by atoms with Crippen molar-refractivity contribution in [3.8, 4) is 0 Å². The first-order valence-electron chi connectivity index (χ1n) is 7.48. The first-order valence-corrected chi connectivity index (χ1v) is 7.48. The van der Waals surface area contributed by atoms with E-state index in [4.69, 9.17) is 0 Å². The van der Waals surface area contributed by atoms with Crippen LogP contribution in [0.1, 0.15) is 43.1 Å². The van der Waals surface area contributed by atoms with Gasteiger partial charge in [-0.2, -0.15) is 0 Å². The van der Waals surface area contributed by atoms with Crippen LogP contribution >= 0.6 is 0 Å². The Morgan fingerprint density at radius 3 is 2.86 bits per heavy atom. The molecule has 1 saturated heterocycles. The van der Waals surface area contributed by atoms with E-state index in [9.17, 15) is 14.9 Å². The highest BCUT2D eigenvalue weighted by molar-refractivity contribution is 5.92. The number of H-pyrrole nitrogens is 1. The maximum absolute atomic E-state index is 12.5.